The van der Waals surface area contributed by atoms with Crippen molar-refractivity contribution in [3.05, 3.63) is 29.0 Å². The van der Waals surface area contributed by atoms with Crippen LogP contribution >= 0.6 is 11.6 Å². The molecule has 0 aromatic heterocycles. The van der Waals surface area contributed by atoms with Gasteiger partial charge in [-0.25, -0.2) is 12.8 Å². The van der Waals surface area contributed by atoms with Crippen molar-refractivity contribution in [2.45, 2.75) is 23.4 Å². The molecule has 2 aliphatic heterocycles. The maximum atomic E-state index is 13.8. The molecule has 5 nitrogen and oxygen atoms in total. The molecular weight excluding hydrogens is 319 g/mol. The lowest BCUT2D eigenvalue weighted by Crippen LogP contribution is -2.61. The van der Waals surface area contributed by atoms with E-state index in [1.807, 2.05) is 0 Å². The standard InChI is InChI=1S/C13H16ClFN2O3S/c14-9-1-2-13(12(15)5-9)21(18,19)17-6-11(7-17)16-10-3-4-20-8-10/h1-2,5,10-11,16H,3-4,6-8H2. The average Bonchev–Trinajstić information content (AvgIpc) is 2.85. The molecule has 2 heterocycles. The van der Waals surface area contributed by atoms with Crippen LogP contribution in [0.1, 0.15) is 6.42 Å². The van der Waals surface area contributed by atoms with E-state index in [1.54, 1.807) is 0 Å². The van der Waals surface area contributed by atoms with Gasteiger partial charge in [-0.15, -0.1) is 0 Å². The van der Waals surface area contributed by atoms with Gasteiger partial charge in [-0.05, 0) is 24.6 Å². The van der Waals surface area contributed by atoms with E-state index in [0.717, 1.165) is 19.1 Å². The lowest BCUT2D eigenvalue weighted by Gasteiger charge is -2.39. The van der Waals surface area contributed by atoms with E-state index >= 15 is 0 Å². The summed E-state index contributed by atoms with van der Waals surface area (Å²) in [5.41, 5.74) is 0. The molecule has 2 saturated heterocycles. The highest BCUT2D eigenvalue weighted by atomic mass is 35.5. The van der Waals surface area contributed by atoms with Crippen LogP contribution in [0.3, 0.4) is 0 Å². The molecule has 0 amide bonds. The monoisotopic (exact) mass is 334 g/mol. The molecule has 0 radical (unpaired) electrons. The molecule has 116 valence electrons. The Kier molecular flexibility index (Phi) is 4.20. The summed E-state index contributed by atoms with van der Waals surface area (Å²) in [6.45, 7) is 2.10. The highest BCUT2D eigenvalue weighted by molar-refractivity contribution is 7.89. The van der Waals surface area contributed by atoms with E-state index in [-0.39, 0.29) is 22.0 Å². The van der Waals surface area contributed by atoms with Crippen LogP contribution in [0.25, 0.3) is 0 Å². The highest BCUT2D eigenvalue weighted by Gasteiger charge is 2.39. The highest BCUT2D eigenvalue weighted by Crippen LogP contribution is 2.26. The van der Waals surface area contributed by atoms with E-state index in [0.29, 0.717) is 19.7 Å². The third-order valence-corrected chi connectivity index (χ3v) is 5.86. The second-order valence-electron chi connectivity index (χ2n) is 5.32. The molecule has 8 heteroatoms. The minimum absolute atomic E-state index is 0.0989. The molecule has 3 rings (SSSR count). The molecule has 0 bridgehead atoms. The van der Waals surface area contributed by atoms with E-state index in [4.69, 9.17) is 16.3 Å². The van der Waals surface area contributed by atoms with Crippen LogP contribution in [0, 0.1) is 5.82 Å². The second-order valence-corrected chi connectivity index (χ2v) is 7.66. The van der Waals surface area contributed by atoms with Crippen molar-refractivity contribution < 1.29 is 17.5 Å². The maximum Gasteiger partial charge on any atom is 0.246 e. The Hall–Kier alpha value is -0.730. The number of nitrogens with zero attached hydrogens (tertiary/aromatic N) is 1. The summed E-state index contributed by atoms with van der Waals surface area (Å²) in [5.74, 6) is -0.817. The van der Waals surface area contributed by atoms with Crippen molar-refractivity contribution in [1.29, 1.82) is 0 Å². The summed E-state index contributed by atoms with van der Waals surface area (Å²) in [5, 5.41) is 3.52. The number of hydrogen-bond donors (Lipinski definition) is 1. The fourth-order valence-corrected chi connectivity index (χ4v) is 4.30. The van der Waals surface area contributed by atoms with Crippen molar-refractivity contribution in [2.24, 2.45) is 0 Å². The van der Waals surface area contributed by atoms with Gasteiger partial charge in [-0.2, -0.15) is 4.31 Å². The number of sulfonamides is 1. The van der Waals surface area contributed by atoms with E-state index in [2.05, 4.69) is 5.32 Å². The van der Waals surface area contributed by atoms with Gasteiger partial charge < -0.3 is 10.1 Å². The topological polar surface area (TPSA) is 58.6 Å². The summed E-state index contributed by atoms with van der Waals surface area (Å²) in [6.07, 6.45) is 0.940. The van der Waals surface area contributed by atoms with Crippen molar-refractivity contribution in [2.75, 3.05) is 26.3 Å². The van der Waals surface area contributed by atoms with Gasteiger partial charge >= 0.3 is 0 Å². The van der Waals surface area contributed by atoms with Gasteiger partial charge in [-0.3, -0.25) is 0 Å². The molecule has 1 N–H and O–H groups in total. The van der Waals surface area contributed by atoms with Crippen LogP contribution in [0.4, 0.5) is 4.39 Å². The quantitative estimate of drug-likeness (QED) is 0.900. The predicted octanol–water partition coefficient (Wildman–Crippen LogP) is 1.23. The third kappa shape index (κ3) is 3.07. The number of rotatable bonds is 4. The molecule has 1 aromatic carbocycles. The van der Waals surface area contributed by atoms with Gasteiger partial charge in [0.15, 0.2) is 0 Å². The summed E-state index contributed by atoms with van der Waals surface area (Å²) in [6, 6.07) is 3.98. The van der Waals surface area contributed by atoms with E-state index < -0.39 is 15.8 Å². The number of benzene rings is 1. The van der Waals surface area contributed by atoms with Crippen molar-refractivity contribution >= 4 is 21.6 Å². The molecule has 0 saturated carbocycles. The van der Waals surface area contributed by atoms with Gasteiger partial charge in [0.2, 0.25) is 10.0 Å². The SMILES string of the molecule is O=S(=O)(c1ccc(Cl)cc1F)N1CC(NC2CCOC2)C1. The fourth-order valence-electron chi connectivity index (χ4n) is 2.56. The zero-order valence-corrected chi connectivity index (χ0v) is 12.8. The molecule has 1 unspecified atom stereocenters. The zero-order valence-electron chi connectivity index (χ0n) is 11.3. The maximum absolute atomic E-state index is 13.8. The number of ether oxygens (including phenoxy) is 1. The molecular formula is C13H16ClFN2O3S. The lowest BCUT2D eigenvalue weighted by molar-refractivity contribution is 0.172. The first-order chi connectivity index (χ1) is 9.96. The Morgan fingerprint density at radius 2 is 2.10 bits per heavy atom. The molecule has 2 fully saturated rings. The fraction of sp³-hybridized carbons (Fsp3) is 0.538. The lowest BCUT2D eigenvalue weighted by atomic mass is 10.1. The molecule has 21 heavy (non-hydrogen) atoms. The Balaban J connectivity index is 1.64. The van der Waals surface area contributed by atoms with Crippen LogP contribution in [0.15, 0.2) is 23.1 Å². The largest absolute Gasteiger partial charge is 0.380 e. The Labute approximate surface area is 128 Å². The van der Waals surface area contributed by atoms with Crippen LogP contribution in [-0.4, -0.2) is 51.1 Å². The van der Waals surface area contributed by atoms with Crippen LogP contribution in [0.5, 0.6) is 0 Å². The smallest absolute Gasteiger partial charge is 0.246 e. The van der Waals surface area contributed by atoms with Gasteiger partial charge in [0.05, 0.1) is 6.61 Å². The van der Waals surface area contributed by atoms with Gasteiger partial charge in [0.25, 0.3) is 0 Å². The van der Waals surface area contributed by atoms with E-state index in [9.17, 15) is 12.8 Å². The van der Waals surface area contributed by atoms with Crippen molar-refractivity contribution in [3.8, 4) is 0 Å². The van der Waals surface area contributed by atoms with Gasteiger partial charge in [0.1, 0.15) is 10.7 Å². The minimum atomic E-state index is -3.79. The summed E-state index contributed by atoms with van der Waals surface area (Å²) in [4.78, 5) is -0.324. The summed E-state index contributed by atoms with van der Waals surface area (Å²) < 4.78 is 44.9. The Morgan fingerprint density at radius 3 is 2.71 bits per heavy atom. The molecule has 1 atom stereocenters. The average molecular weight is 335 g/mol. The summed E-state index contributed by atoms with van der Waals surface area (Å²) in [7, 11) is -3.79. The zero-order chi connectivity index (χ0) is 15.0. The molecule has 0 aliphatic carbocycles. The normalized spacial score (nSPS) is 24.2. The van der Waals surface area contributed by atoms with E-state index in [1.165, 1.54) is 16.4 Å². The van der Waals surface area contributed by atoms with Gasteiger partial charge in [-0.1, -0.05) is 11.6 Å². The Morgan fingerprint density at radius 1 is 1.33 bits per heavy atom. The molecule has 1 aromatic rings. The first-order valence-corrected chi connectivity index (χ1v) is 8.57. The van der Waals surface area contributed by atoms with Crippen molar-refractivity contribution in [1.82, 2.24) is 9.62 Å². The van der Waals surface area contributed by atoms with Crippen LogP contribution < -0.4 is 5.32 Å². The number of halogens is 2. The van der Waals surface area contributed by atoms with Crippen LogP contribution in [-0.2, 0) is 14.8 Å². The van der Waals surface area contributed by atoms with Crippen molar-refractivity contribution in [3.63, 3.8) is 0 Å². The third-order valence-electron chi connectivity index (χ3n) is 3.76. The molecule has 2 aliphatic rings. The minimum Gasteiger partial charge on any atom is -0.380 e. The predicted molar refractivity (Wildman–Crippen MR) is 76.3 cm³/mol. The first kappa shape index (κ1) is 15.2. The Bertz CT molecular complexity index is 628. The number of nitrogens with one attached hydrogen (secondary N) is 1. The number of hydrogen-bond acceptors (Lipinski definition) is 4. The first-order valence-electron chi connectivity index (χ1n) is 6.76. The van der Waals surface area contributed by atoms with Crippen LogP contribution in [0.2, 0.25) is 5.02 Å². The molecule has 0 spiro atoms. The van der Waals surface area contributed by atoms with Gasteiger partial charge in [0, 0.05) is 36.8 Å². The second kappa shape index (κ2) is 5.81. The summed E-state index contributed by atoms with van der Waals surface area (Å²) >= 11 is 5.64.